The highest BCUT2D eigenvalue weighted by Crippen LogP contribution is 2.14. The molecule has 0 fully saturated rings. The second-order valence-electron chi connectivity index (χ2n) is 5.26. The molecular formula is C17H18F3N2O+. The molecule has 0 aliphatic rings. The van der Waals surface area contributed by atoms with Gasteiger partial charge in [0.2, 0.25) is 0 Å². The van der Waals surface area contributed by atoms with Gasteiger partial charge < -0.3 is 10.6 Å². The number of benzene rings is 2. The molecule has 3 nitrogen and oxygen atoms in total. The standard InChI is InChI=1S/C17H17F3N2O/c1-11(14-7-6-13(18)8-16(14)20)21-10-17(23)22-9-12-4-2-3-5-15(12)19/h2-8,11,21H,9-10H2,1H3,(H,22,23)/p+1/t11-/m0/s1. The Bertz CT molecular complexity index is 691. The minimum atomic E-state index is -0.638. The van der Waals surface area contributed by atoms with Gasteiger partial charge in [0, 0.05) is 23.7 Å². The minimum absolute atomic E-state index is 0.0619. The lowest BCUT2D eigenvalue weighted by molar-refractivity contribution is -0.682. The molecule has 6 heteroatoms. The number of carbonyl (C=O) groups excluding carboxylic acids is 1. The summed E-state index contributed by atoms with van der Waals surface area (Å²) in [4.78, 5) is 11.8. The van der Waals surface area contributed by atoms with Gasteiger partial charge in [-0.15, -0.1) is 0 Å². The zero-order valence-corrected chi connectivity index (χ0v) is 12.7. The van der Waals surface area contributed by atoms with Crippen LogP contribution in [0.15, 0.2) is 42.5 Å². The van der Waals surface area contributed by atoms with Gasteiger partial charge in [0.25, 0.3) is 5.91 Å². The van der Waals surface area contributed by atoms with Gasteiger partial charge in [-0.3, -0.25) is 4.79 Å². The Balaban J connectivity index is 1.83. The van der Waals surface area contributed by atoms with Crippen LogP contribution < -0.4 is 10.6 Å². The fourth-order valence-electron chi connectivity index (χ4n) is 2.19. The third kappa shape index (κ3) is 4.82. The maximum Gasteiger partial charge on any atom is 0.275 e. The lowest BCUT2D eigenvalue weighted by Gasteiger charge is -2.12. The van der Waals surface area contributed by atoms with E-state index in [0.29, 0.717) is 11.1 Å². The molecule has 0 aliphatic carbocycles. The highest BCUT2D eigenvalue weighted by molar-refractivity contribution is 5.76. The first kappa shape index (κ1) is 17.0. The van der Waals surface area contributed by atoms with E-state index in [1.165, 1.54) is 18.2 Å². The van der Waals surface area contributed by atoms with Gasteiger partial charge >= 0.3 is 0 Å². The van der Waals surface area contributed by atoms with Crippen molar-refractivity contribution >= 4 is 5.91 Å². The number of carbonyl (C=O) groups is 1. The van der Waals surface area contributed by atoms with Crippen molar-refractivity contribution in [2.75, 3.05) is 6.54 Å². The second-order valence-corrected chi connectivity index (χ2v) is 5.26. The zero-order chi connectivity index (χ0) is 16.8. The van der Waals surface area contributed by atoms with E-state index in [0.717, 1.165) is 6.07 Å². The summed E-state index contributed by atoms with van der Waals surface area (Å²) in [5.74, 6) is -1.94. The summed E-state index contributed by atoms with van der Waals surface area (Å²) in [6, 6.07) is 9.21. The molecule has 0 saturated heterocycles. The fourth-order valence-corrected chi connectivity index (χ4v) is 2.19. The van der Waals surface area contributed by atoms with Crippen LogP contribution >= 0.6 is 0 Å². The number of nitrogens with one attached hydrogen (secondary N) is 1. The number of halogens is 3. The number of hydrogen-bond donors (Lipinski definition) is 2. The first-order valence-corrected chi connectivity index (χ1v) is 7.25. The number of nitrogens with two attached hydrogens (primary N) is 1. The summed E-state index contributed by atoms with van der Waals surface area (Å²) in [6.07, 6.45) is 0. The lowest BCUT2D eigenvalue weighted by Crippen LogP contribution is -2.87. The summed E-state index contributed by atoms with van der Waals surface area (Å²) >= 11 is 0. The van der Waals surface area contributed by atoms with Gasteiger partial charge in [0.1, 0.15) is 23.5 Å². The Labute approximate surface area is 132 Å². The molecule has 2 aromatic carbocycles. The first-order valence-electron chi connectivity index (χ1n) is 7.25. The molecule has 0 aliphatic heterocycles. The van der Waals surface area contributed by atoms with E-state index in [9.17, 15) is 18.0 Å². The van der Waals surface area contributed by atoms with Crippen molar-refractivity contribution in [2.45, 2.75) is 19.5 Å². The van der Waals surface area contributed by atoms with E-state index in [4.69, 9.17) is 0 Å². The summed E-state index contributed by atoms with van der Waals surface area (Å²) in [7, 11) is 0. The van der Waals surface area contributed by atoms with Crippen LogP contribution in [0.3, 0.4) is 0 Å². The molecular weight excluding hydrogens is 305 g/mol. The van der Waals surface area contributed by atoms with Crippen LogP contribution in [0, 0.1) is 17.5 Å². The van der Waals surface area contributed by atoms with Crippen molar-refractivity contribution in [1.29, 1.82) is 0 Å². The molecule has 0 aromatic heterocycles. The smallest absolute Gasteiger partial charge is 0.275 e. The Hall–Kier alpha value is -2.34. The Morgan fingerprint density at radius 2 is 1.87 bits per heavy atom. The predicted molar refractivity (Wildman–Crippen MR) is 79.8 cm³/mol. The van der Waals surface area contributed by atoms with E-state index in [1.807, 2.05) is 0 Å². The van der Waals surface area contributed by atoms with Gasteiger partial charge in [-0.05, 0) is 25.1 Å². The van der Waals surface area contributed by atoms with Crippen LogP contribution in [0.25, 0.3) is 0 Å². The maximum absolute atomic E-state index is 13.6. The zero-order valence-electron chi connectivity index (χ0n) is 12.7. The number of quaternary nitrogens is 1. The van der Waals surface area contributed by atoms with Crippen molar-refractivity contribution in [3.8, 4) is 0 Å². The molecule has 2 rings (SSSR count). The molecule has 0 spiro atoms. The molecule has 3 N–H and O–H groups in total. The molecule has 1 amide bonds. The molecule has 2 aromatic rings. The van der Waals surface area contributed by atoms with Gasteiger partial charge in [0.15, 0.2) is 6.54 Å². The highest BCUT2D eigenvalue weighted by atomic mass is 19.1. The van der Waals surface area contributed by atoms with Crippen molar-refractivity contribution < 1.29 is 23.3 Å². The van der Waals surface area contributed by atoms with Crippen LogP contribution in [0.1, 0.15) is 24.1 Å². The normalized spacial score (nSPS) is 12.0. The number of amides is 1. The molecule has 0 saturated carbocycles. The molecule has 0 unspecified atom stereocenters. The van der Waals surface area contributed by atoms with E-state index < -0.39 is 11.6 Å². The lowest BCUT2D eigenvalue weighted by atomic mass is 10.1. The molecule has 122 valence electrons. The quantitative estimate of drug-likeness (QED) is 0.840. The second kappa shape index (κ2) is 7.78. The molecule has 23 heavy (non-hydrogen) atoms. The van der Waals surface area contributed by atoms with E-state index in [-0.39, 0.29) is 30.9 Å². The van der Waals surface area contributed by atoms with Crippen LogP contribution in [-0.2, 0) is 11.3 Å². The van der Waals surface area contributed by atoms with Crippen LogP contribution in [-0.4, -0.2) is 12.5 Å². The third-order valence-corrected chi connectivity index (χ3v) is 3.54. The molecule has 0 radical (unpaired) electrons. The fraction of sp³-hybridized carbons (Fsp3) is 0.235. The Morgan fingerprint density at radius 1 is 1.13 bits per heavy atom. The average molecular weight is 323 g/mol. The van der Waals surface area contributed by atoms with Crippen molar-refractivity contribution in [3.63, 3.8) is 0 Å². The van der Waals surface area contributed by atoms with Gasteiger partial charge in [-0.25, -0.2) is 13.2 Å². The molecule has 1 atom stereocenters. The third-order valence-electron chi connectivity index (χ3n) is 3.54. The van der Waals surface area contributed by atoms with Gasteiger partial charge in [-0.2, -0.15) is 0 Å². The topological polar surface area (TPSA) is 45.7 Å². The molecule has 0 heterocycles. The number of rotatable bonds is 6. The SMILES string of the molecule is C[C@H]([NH2+]CC(=O)NCc1ccccc1F)c1ccc(F)cc1F. The largest absolute Gasteiger partial charge is 0.347 e. The van der Waals surface area contributed by atoms with E-state index >= 15 is 0 Å². The van der Waals surface area contributed by atoms with Crippen molar-refractivity contribution in [1.82, 2.24) is 5.32 Å². The van der Waals surface area contributed by atoms with Crippen LogP contribution in [0.2, 0.25) is 0 Å². The van der Waals surface area contributed by atoms with E-state index in [2.05, 4.69) is 5.32 Å². The van der Waals surface area contributed by atoms with Gasteiger partial charge in [-0.1, -0.05) is 18.2 Å². The number of hydrogen-bond acceptors (Lipinski definition) is 1. The average Bonchev–Trinajstić information content (AvgIpc) is 2.52. The summed E-state index contributed by atoms with van der Waals surface area (Å²) in [6.45, 7) is 1.88. The predicted octanol–water partition coefficient (Wildman–Crippen LogP) is 2.04. The van der Waals surface area contributed by atoms with Gasteiger partial charge in [0.05, 0.1) is 0 Å². The maximum atomic E-state index is 13.6. The van der Waals surface area contributed by atoms with Crippen molar-refractivity contribution in [3.05, 3.63) is 71.0 Å². The monoisotopic (exact) mass is 323 g/mol. The Morgan fingerprint density at radius 3 is 2.57 bits per heavy atom. The Kier molecular flexibility index (Phi) is 5.76. The minimum Gasteiger partial charge on any atom is -0.347 e. The van der Waals surface area contributed by atoms with Crippen LogP contribution in [0.5, 0.6) is 0 Å². The van der Waals surface area contributed by atoms with Crippen LogP contribution in [0.4, 0.5) is 13.2 Å². The highest BCUT2D eigenvalue weighted by Gasteiger charge is 2.16. The van der Waals surface area contributed by atoms with E-state index in [1.54, 1.807) is 30.4 Å². The summed E-state index contributed by atoms with van der Waals surface area (Å²) in [5, 5.41) is 4.24. The summed E-state index contributed by atoms with van der Waals surface area (Å²) < 4.78 is 39.9. The first-order chi connectivity index (χ1) is 11.0. The molecule has 0 bridgehead atoms. The summed E-state index contributed by atoms with van der Waals surface area (Å²) in [5.41, 5.74) is 0.729. The van der Waals surface area contributed by atoms with Crippen molar-refractivity contribution in [2.24, 2.45) is 0 Å².